The Balaban J connectivity index is 1.93. The standard InChI is InChI=1S/C14H18N4O/c15-7-8-16-9-10-17-14(19)13-6-5-11-3-1-2-4-12(11)18-13/h1-6,16H,7-10,15H2,(H,17,19)/p+2. The number of amides is 1. The molecular formula is C14H20N4O+2. The second-order valence-electron chi connectivity index (χ2n) is 4.36. The van der Waals surface area contributed by atoms with Crippen LogP contribution in [0.15, 0.2) is 36.4 Å². The average molecular weight is 260 g/mol. The van der Waals surface area contributed by atoms with E-state index in [1.807, 2.05) is 30.3 Å². The number of para-hydroxylation sites is 1. The molecule has 0 saturated carbocycles. The van der Waals surface area contributed by atoms with E-state index in [0.29, 0.717) is 12.2 Å². The van der Waals surface area contributed by atoms with Crippen LogP contribution in [-0.2, 0) is 0 Å². The summed E-state index contributed by atoms with van der Waals surface area (Å²) in [7, 11) is 0. The zero-order chi connectivity index (χ0) is 13.5. The molecule has 5 nitrogen and oxygen atoms in total. The quantitative estimate of drug-likeness (QED) is 0.568. The molecule has 0 radical (unpaired) electrons. The normalized spacial score (nSPS) is 10.6. The summed E-state index contributed by atoms with van der Waals surface area (Å²) in [4.78, 5) is 16.3. The highest BCUT2D eigenvalue weighted by atomic mass is 16.1. The summed E-state index contributed by atoms with van der Waals surface area (Å²) in [5, 5.41) is 6.05. The lowest BCUT2D eigenvalue weighted by molar-refractivity contribution is -0.668. The van der Waals surface area contributed by atoms with Crippen LogP contribution in [0.1, 0.15) is 10.5 Å². The first-order valence-corrected chi connectivity index (χ1v) is 6.56. The van der Waals surface area contributed by atoms with E-state index in [1.165, 1.54) is 0 Å². The number of nitrogens with one attached hydrogen (secondary N) is 1. The van der Waals surface area contributed by atoms with Crippen molar-refractivity contribution in [2.24, 2.45) is 0 Å². The van der Waals surface area contributed by atoms with Gasteiger partial charge in [0.1, 0.15) is 18.8 Å². The Morgan fingerprint density at radius 3 is 2.89 bits per heavy atom. The van der Waals surface area contributed by atoms with Crippen molar-refractivity contribution < 1.29 is 15.8 Å². The molecule has 100 valence electrons. The van der Waals surface area contributed by atoms with E-state index in [4.69, 9.17) is 0 Å². The molecule has 1 heterocycles. The van der Waals surface area contributed by atoms with Crippen molar-refractivity contribution in [2.45, 2.75) is 0 Å². The van der Waals surface area contributed by atoms with Crippen LogP contribution in [0.3, 0.4) is 0 Å². The van der Waals surface area contributed by atoms with Gasteiger partial charge in [0.2, 0.25) is 0 Å². The minimum Gasteiger partial charge on any atom is -0.353 e. The molecule has 1 aromatic heterocycles. The maximum atomic E-state index is 11.9. The molecule has 0 aliphatic rings. The van der Waals surface area contributed by atoms with Gasteiger partial charge in [-0.2, -0.15) is 0 Å². The average Bonchev–Trinajstić information content (AvgIpc) is 2.46. The second kappa shape index (κ2) is 6.82. The summed E-state index contributed by atoms with van der Waals surface area (Å²) in [5.74, 6) is -0.117. The van der Waals surface area contributed by atoms with Gasteiger partial charge in [0.25, 0.3) is 5.91 Å². The van der Waals surface area contributed by atoms with E-state index in [1.54, 1.807) is 6.07 Å². The molecule has 0 bridgehead atoms. The first-order valence-electron chi connectivity index (χ1n) is 6.56. The van der Waals surface area contributed by atoms with Crippen LogP contribution in [0.5, 0.6) is 0 Å². The van der Waals surface area contributed by atoms with Crippen LogP contribution in [0.4, 0.5) is 0 Å². The van der Waals surface area contributed by atoms with Crippen molar-refractivity contribution in [3.63, 3.8) is 0 Å². The van der Waals surface area contributed by atoms with Gasteiger partial charge in [0.05, 0.1) is 18.6 Å². The van der Waals surface area contributed by atoms with Gasteiger partial charge in [-0.15, -0.1) is 0 Å². The predicted molar refractivity (Wildman–Crippen MR) is 73.5 cm³/mol. The molecule has 1 aromatic carbocycles. The predicted octanol–water partition coefficient (Wildman–Crippen LogP) is -1.23. The Labute approximate surface area is 112 Å². The first kappa shape index (κ1) is 13.5. The lowest BCUT2D eigenvalue weighted by Crippen LogP contribution is -2.89. The van der Waals surface area contributed by atoms with E-state index >= 15 is 0 Å². The zero-order valence-corrected chi connectivity index (χ0v) is 10.9. The number of hydrogen-bond donors (Lipinski definition) is 3. The van der Waals surface area contributed by atoms with Crippen LogP contribution < -0.4 is 16.4 Å². The SMILES string of the molecule is [NH3+]CC[NH2+]CCNC(=O)c1ccc2ccccc2n1. The number of nitrogens with zero attached hydrogens (tertiary/aromatic N) is 1. The molecule has 1 amide bonds. The third-order valence-electron chi connectivity index (χ3n) is 2.87. The minimum atomic E-state index is -0.117. The molecule has 6 N–H and O–H groups in total. The van der Waals surface area contributed by atoms with Crippen LogP contribution in [-0.4, -0.2) is 37.1 Å². The molecule has 0 fully saturated rings. The van der Waals surface area contributed by atoms with Crippen molar-refractivity contribution >= 4 is 16.8 Å². The summed E-state index contributed by atoms with van der Waals surface area (Å²) < 4.78 is 0. The number of carbonyl (C=O) groups excluding carboxylic acids is 1. The molecule has 0 aliphatic carbocycles. The summed E-state index contributed by atoms with van der Waals surface area (Å²) in [6.07, 6.45) is 0. The van der Waals surface area contributed by atoms with Gasteiger partial charge in [-0.1, -0.05) is 24.3 Å². The van der Waals surface area contributed by atoms with E-state index in [0.717, 1.165) is 30.5 Å². The Kier molecular flexibility index (Phi) is 4.83. The number of quaternary nitrogens is 2. The summed E-state index contributed by atoms with van der Waals surface area (Å²) in [6.45, 7) is 3.41. The Hall–Kier alpha value is -1.98. The number of benzene rings is 1. The molecule has 0 aliphatic heterocycles. The molecule has 0 spiro atoms. The van der Waals surface area contributed by atoms with Gasteiger partial charge in [0, 0.05) is 5.39 Å². The van der Waals surface area contributed by atoms with Gasteiger partial charge in [-0.05, 0) is 12.1 Å². The lowest BCUT2D eigenvalue weighted by Gasteiger charge is -2.04. The fraction of sp³-hybridized carbons (Fsp3) is 0.286. The Bertz CT molecular complexity index is 556. The van der Waals surface area contributed by atoms with E-state index in [-0.39, 0.29) is 5.91 Å². The maximum Gasteiger partial charge on any atom is 0.270 e. The first-order chi connectivity index (χ1) is 9.31. The van der Waals surface area contributed by atoms with Crippen LogP contribution in [0.25, 0.3) is 10.9 Å². The smallest absolute Gasteiger partial charge is 0.270 e. The van der Waals surface area contributed by atoms with Gasteiger partial charge < -0.3 is 16.4 Å². The van der Waals surface area contributed by atoms with Gasteiger partial charge in [0.15, 0.2) is 0 Å². The van der Waals surface area contributed by atoms with Crippen molar-refractivity contribution in [1.29, 1.82) is 0 Å². The summed E-state index contributed by atoms with van der Waals surface area (Å²) in [6, 6.07) is 11.5. The van der Waals surface area contributed by atoms with Gasteiger partial charge in [-0.3, -0.25) is 4.79 Å². The van der Waals surface area contributed by atoms with Crippen LogP contribution in [0, 0.1) is 0 Å². The highest BCUT2D eigenvalue weighted by Gasteiger charge is 2.07. The van der Waals surface area contributed by atoms with Crippen LogP contribution >= 0.6 is 0 Å². The second-order valence-corrected chi connectivity index (χ2v) is 4.36. The van der Waals surface area contributed by atoms with E-state index < -0.39 is 0 Å². The third-order valence-corrected chi connectivity index (χ3v) is 2.87. The minimum absolute atomic E-state index is 0.117. The number of rotatable bonds is 6. The van der Waals surface area contributed by atoms with Crippen molar-refractivity contribution in [2.75, 3.05) is 26.2 Å². The molecule has 0 saturated heterocycles. The van der Waals surface area contributed by atoms with Crippen molar-refractivity contribution in [1.82, 2.24) is 10.3 Å². The largest absolute Gasteiger partial charge is 0.353 e. The molecule has 19 heavy (non-hydrogen) atoms. The molecule has 0 unspecified atom stereocenters. The highest BCUT2D eigenvalue weighted by Crippen LogP contribution is 2.11. The summed E-state index contributed by atoms with van der Waals surface area (Å²) in [5.41, 5.74) is 5.08. The Morgan fingerprint density at radius 2 is 2.05 bits per heavy atom. The number of fused-ring (bicyclic) bond motifs is 1. The molecule has 0 atom stereocenters. The van der Waals surface area contributed by atoms with Gasteiger partial charge >= 0.3 is 0 Å². The number of aromatic nitrogens is 1. The molecule has 2 aromatic rings. The number of nitrogens with two attached hydrogens (primary N) is 1. The monoisotopic (exact) mass is 260 g/mol. The van der Waals surface area contributed by atoms with Gasteiger partial charge in [-0.25, -0.2) is 4.98 Å². The fourth-order valence-electron chi connectivity index (χ4n) is 1.86. The highest BCUT2D eigenvalue weighted by molar-refractivity contribution is 5.94. The van der Waals surface area contributed by atoms with Crippen molar-refractivity contribution in [3.8, 4) is 0 Å². The fourth-order valence-corrected chi connectivity index (χ4v) is 1.86. The van der Waals surface area contributed by atoms with Crippen LogP contribution in [0.2, 0.25) is 0 Å². The number of pyridine rings is 1. The number of hydrogen-bond acceptors (Lipinski definition) is 2. The maximum absolute atomic E-state index is 11.9. The Morgan fingerprint density at radius 1 is 1.21 bits per heavy atom. The molecular weight excluding hydrogens is 240 g/mol. The van der Waals surface area contributed by atoms with E-state index in [9.17, 15) is 4.79 Å². The number of carbonyl (C=O) groups is 1. The van der Waals surface area contributed by atoms with E-state index in [2.05, 4.69) is 21.4 Å². The molecule has 2 rings (SSSR count). The lowest BCUT2D eigenvalue weighted by atomic mass is 10.2. The molecule has 5 heteroatoms. The van der Waals surface area contributed by atoms with Crippen molar-refractivity contribution in [3.05, 3.63) is 42.1 Å². The zero-order valence-electron chi connectivity index (χ0n) is 10.9. The summed E-state index contributed by atoms with van der Waals surface area (Å²) >= 11 is 0. The topological polar surface area (TPSA) is 86.2 Å². The third kappa shape index (κ3) is 3.74.